The lowest BCUT2D eigenvalue weighted by Crippen LogP contribution is -1.92. The summed E-state index contributed by atoms with van der Waals surface area (Å²) in [7, 11) is 1.85. The molecule has 0 aliphatic heterocycles. The van der Waals surface area contributed by atoms with Crippen molar-refractivity contribution in [1.82, 2.24) is 0 Å². The third kappa shape index (κ3) is 1.80. The van der Waals surface area contributed by atoms with Crippen LogP contribution in [0.1, 0.15) is 18.7 Å². The molecule has 0 fully saturated rings. The van der Waals surface area contributed by atoms with Gasteiger partial charge in [0.2, 0.25) is 0 Å². The maximum Gasteiger partial charge on any atom is 0.159 e. The highest BCUT2D eigenvalue weighted by Crippen LogP contribution is 2.08. The molecule has 0 saturated heterocycles. The van der Waals surface area contributed by atoms with Gasteiger partial charge < -0.3 is 5.32 Å². The number of benzene rings is 1. The van der Waals surface area contributed by atoms with Crippen LogP contribution in [0.3, 0.4) is 0 Å². The number of hydrogen-bond acceptors (Lipinski definition) is 2. The van der Waals surface area contributed by atoms with Gasteiger partial charge in [-0.25, -0.2) is 0 Å². The Morgan fingerprint density at radius 3 is 2.27 bits per heavy atom. The van der Waals surface area contributed by atoms with Crippen molar-refractivity contribution in [2.45, 2.75) is 6.92 Å². The van der Waals surface area contributed by atoms with E-state index in [1.807, 2.05) is 31.3 Å². The van der Waals surface area contributed by atoms with Crippen LogP contribution in [0.15, 0.2) is 24.3 Å². The minimum atomic E-state index is 0. The molecule has 2 heteroatoms. The average Bonchev–Trinajstić information content (AvgIpc) is 2.05. The first-order valence-corrected chi connectivity index (χ1v) is 3.53. The molecule has 11 heavy (non-hydrogen) atoms. The number of ketones is 1. The minimum absolute atomic E-state index is 0. The largest absolute Gasteiger partial charge is 0.388 e. The standard InChI is InChI=1S/C9H11NO.H2/c1-7(11)8-3-5-9(10-2)6-4-8;/h3-6,10H,1-2H3;1H. The molecule has 0 heterocycles. The van der Waals surface area contributed by atoms with Crippen molar-refractivity contribution in [1.29, 1.82) is 0 Å². The van der Waals surface area contributed by atoms with Crippen LogP contribution in [0.4, 0.5) is 5.69 Å². The molecule has 0 amide bonds. The van der Waals surface area contributed by atoms with E-state index in [0.717, 1.165) is 11.3 Å². The van der Waals surface area contributed by atoms with E-state index in [0.29, 0.717) is 0 Å². The number of carbonyl (C=O) groups excluding carboxylic acids is 1. The molecule has 0 aliphatic carbocycles. The Hall–Kier alpha value is -1.31. The zero-order valence-corrected chi connectivity index (χ0v) is 6.72. The third-order valence-corrected chi connectivity index (χ3v) is 1.58. The van der Waals surface area contributed by atoms with Crippen LogP contribution in [0.5, 0.6) is 0 Å². The highest BCUT2D eigenvalue weighted by molar-refractivity contribution is 5.94. The summed E-state index contributed by atoms with van der Waals surface area (Å²) in [6, 6.07) is 7.40. The van der Waals surface area contributed by atoms with E-state index in [9.17, 15) is 4.79 Å². The molecule has 0 aromatic heterocycles. The molecule has 1 N–H and O–H groups in total. The van der Waals surface area contributed by atoms with E-state index in [1.54, 1.807) is 6.92 Å². The highest BCUT2D eigenvalue weighted by atomic mass is 16.1. The summed E-state index contributed by atoms with van der Waals surface area (Å²) in [5.41, 5.74) is 1.78. The number of carbonyl (C=O) groups is 1. The molecule has 1 rings (SSSR count). The van der Waals surface area contributed by atoms with E-state index in [1.165, 1.54) is 0 Å². The van der Waals surface area contributed by atoms with Crippen LogP contribution in [0.2, 0.25) is 0 Å². The first-order valence-electron chi connectivity index (χ1n) is 3.53. The predicted molar refractivity (Wildman–Crippen MR) is 48.1 cm³/mol. The van der Waals surface area contributed by atoms with Gasteiger partial charge in [-0.05, 0) is 31.2 Å². The van der Waals surface area contributed by atoms with Crippen LogP contribution in [0, 0.1) is 0 Å². The van der Waals surface area contributed by atoms with Gasteiger partial charge in [0.15, 0.2) is 5.78 Å². The Labute approximate surface area is 67.7 Å². The first-order chi connectivity index (χ1) is 5.24. The fourth-order valence-electron chi connectivity index (χ4n) is 0.872. The lowest BCUT2D eigenvalue weighted by atomic mass is 10.1. The molecule has 0 unspecified atom stereocenters. The van der Waals surface area contributed by atoms with Gasteiger partial charge in [0.05, 0.1) is 0 Å². The normalized spacial score (nSPS) is 9.27. The van der Waals surface area contributed by atoms with Crippen molar-refractivity contribution in [3.05, 3.63) is 29.8 Å². The van der Waals surface area contributed by atoms with Gasteiger partial charge in [0, 0.05) is 19.7 Å². The van der Waals surface area contributed by atoms with Gasteiger partial charge in [-0.1, -0.05) is 0 Å². The summed E-state index contributed by atoms with van der Waals surface area (Å²) in [5.74, 6) is 0.104. The van der Waals surface area contributed by atoms with E-state index in [2.05, 4.69) is 5.32 Å². The van der Waals surface area contributed by atoms with Gasteiger partial charge in [-0.3, -0.25) is 4.79 Å². The maximum absolute atomic E-state index is 10.8. The summed E-state index contributed by atoms with van der Waals surface area (Å²) in [6.45, 7) is 1.56. The minimum Gasteiger partial charge on any atom is -0.388 e. The predicted octanol–water partition coefficient (Wildman–Crippen LogP) is 2.18. The van der Waals surface area contributed by atoms with E-state index in [4.69, 9.17) is 0 Å². The Morgan fingerprint density at radius 2 is 1.91 bits per heavy atom. The number of Topliss-reactive ketones (excluding diaryl/α,β-unsaturated/α-hetero) is 1. The Morgan fingerprint density at radius 1 is 1.36 bits per heavy atom. The second-order valence-electron chi connectivity index (χ2n) is 2.38. The zero-order valence-electron chi connectivity index (χ0n) is 6.72. The fraction of sp³-hybridized carbons (Fsp3) is 0.222. The summed E-state index contributed by atoms with van der Waals surface area (Å²) in [6.07, 6.45) is 0. The van der Waals surface area contributed by atoms with Crippen LogP contribution in [-0.2, 0) is 0 Å². The molecule has 1 aromatic carbocycles. The third-order valence-electron chi connectivity index (χ3n) is 1.58. The van der Waals surface area contributed by atoms with Crippen molar-refractivity contribution < 1.29 is 6.22 Å². The molecule has 0 atom stereocenters. The van der Waals surface area contributed by atoms with Crippen LogP contribution in [0.25, 0.3) is 0 Å². The van der Waals surface area contributed by atoms with E-state index >= 15 is 0 Å². The van der Waals surface area contributed by atoms with Gasteiger partial charge in [-0.15, -0.1) is 0 Å². The number of hydrogen-bond donors (Lipinski definition) is 1. The molecular weight excluding hydrogens is 138 g/mol. The quantitative estimate of drug-likeness (QED) is 0.656. The summed E-state index contributed by atoms with van der Waals surface area (Å²) < 4.78 is 0. The lowest BCUT2D eigenvalue weighted by molar-refractivity contribution is 0.101. The zero-order chi connectivity index (χ0) is 8.27. The molecule has 0 aliphatic rings. The lowest BCUT2D eigenvalue weighted by Gasteiger charge is -1.99. The number of nitrogens with one attached hydrogen (secondary N) is 1. The molecular formula is C9H13NO. The topological polar surface area (TPSA) is 29.1 Å². The summed E-state index contributed by atoms with van der Waals surface area (Å²) >= 11 is 0. The monoisotopic (exact) mass is 151 g/mol. The molecule has 1 aromatic rings. The number of anilines is 1. The molecule has 0 spiro atoms. The molecule has 60 valence electrons. The smallest absolute Gasteiger partial charge is 0.159 e. The molecule has 0 bridgehead atoms. The first kappa shape index (κ1) is 7.79. The SMILES string of the molecule is CNc1ccc(C(C)=O)cc1.[HH]. The molecule has 0 saturated carbocycles. The highest BCUT2D eigenvalue weighted by Gasteiger charge is 1.96. The Kier molecular flexibility index (Phi) is 2.26. The van der Waals surface area contributed by atoms with Crippen molar-refractivity contribution in [3.63, 3.8) is 0 Å². The second-order valence-corrected chi connectivity index (χ2v) is 2.38. The fourth-order valence-corrected chi connectivity index (χ4v) is 0.872. The van der Waals surface area contributed by atoms with Crippen molar-refractivity contribution >= 4 is 11.5 Å². The summed E-state index contributed by atoms with van der Waals surface area (Å²) in [5, 5.41) is 2.98. The van der Waals surface area contributed by atoms with Gasteiger partial charge in [-0.2, -0.15) is 0 Å². The second kappa shape index (κ2) is 3.19. The van der Waals surface area contributed by atoms with Crippen LogP contribution in [-0.4, -0.2) is 12.8 Å². The van der Waals surface area contributed by atoms with Crippen LogP contribution < -0.4 is 5.32 Å². The number of rotatable bonds is 2. The van der Waals surface area contributed by atoms with Gasteiger partial charge in [0.1, 0.15) is 0 Å². The van der Waals surface area contributed by atoms with Crippen molar-refractivity contribution in [3.8, 4) is 0 Å². The molecule has 0 radical (unpaired) electrons. The van der Waals surface area contributed by atoms with Gasteiger partial charge >= 0.3 is 0 Å². The maximum atomic E-state index is 10.8. The molecule has 2 nitrogen and oxygen atoms in total. The average molecular weight is 151 g/mol. The van der Waals surface area contributed by atoms with Crippen molar-refractivity contribution in [2.75, 3.05) is 12.4 Å². The summed E-state index contributed by atoms with van der Waals surface area (Å²) in [4.78, 5) is 10.8. The Balaban J connectivity index is 0.00000121. The van der Waals surface area contributed by atoms with E-state index in [-0.39, 0.29) is 7.21 Å². The van der Waals surface area contributed by atoms with E-state index < -0.39 is 0 Å². The van der Waals surface area contributed by atoms with Crippen molar-refractivity contribution in [2.24, 2.45) is 0 Å². The Bertz CT molecular complexity index is 256. The van der Waals surface area contributed by atoms with Gasteiger partial charge in [0.25, 0.3) is 0 Å². The van der Waals surface area contributed by atoms with Crippen LogP contribution >= 0.6 is 0 Å².